The first-order chi connectivity index (χ1) is 14.7. The number of aromatic nitrogens is 5. The summed E-state index contributed by atoms with van der Waals surface area (Å²) >= 11 is 6.07. The molecule has 1 saturated heterocycles. The van der Waals surface area contributed by atoms with E-state index in [4.69, 9.17) is 16.3 Å². The fourth-order valence-electron chi connectivity index (χ4n) is 4.13. The number of halogens is 1. The molecule has 5 rings (SSSR count). The Morgan fingerprint density at radius 2 is 2.13 bits per heavy atom. The average molecular weight is 423 g/mol. The largest absolute Gasteiger partial charge is 0.495 e. The van der Waals surface area contributed by atoms with Crippen molar-refractivity contribution < 1.29 is 9.53 Å². The highest BCUT2D eigenvalue weighted by Gasteiger charge is 2.30. The summed E-state index contributed by atoms with van der Waals surface area (Å²) in [6, 6.07) is 5.35. The Balaban J connectivity index is 1.47. The van der Waals surface area contributed by atoms with E-state index < -0.39 is 0 Å². The molecular formula is C21H19ClN6O2. The Morgan fingerprint density at radius 3 is 3.00 bits per heavy atom. The van der Waals surface area contributed by atoms with Crippen LogP contribution in [-0.4, -0.2) is 56.2 Å². The lowest BCUT2D eigenvalue weighted by Crippen LogP contribution is -2.39. The Kier molecular flexibility index (Phi) is 4.71. The number of benzene rings is 1. The van der Waals surface area contributed by atoms with Crippen molar-refractivity contribution in [2.75, 3.05) is 20.2 Å². The van der Waals surface area contributed by atoms with E-state index in [9.17, 15) is 4.79 Å². The molecule has 4 aromatic rings. The fourth-order valence-corrected chi connectivity index (χ4v) is 4.30. The number of hydrogen-bond acceptors (Lipinski definition) is 6. The molecule has 1 aliphatic rings. The molecule has 30 heavy (non-hydrogen) atoms. The van der Waals surface area contributed by atoms with Gasteiger partial charge in [-0.3, -0.25) is 14.9 Å². The lowest BCUT2D eigenvalue weighted by molar-refractivity contribution is 0.0702. The van der Waals surface area contributed by atoms with Gasteiger partial charge in [0.05, 0.1) is 18.3 Å². The van der Waals surface area contributed by atoms with Gasteiger partial charge in [-0.1, -0.05) is 11.6 Å². The molecule has 1 fully saturated rings. The minimum absolute atomic E-state index is 0.101. The first-order valence-electron chi connectivity index (χ1n) is 9.72. The van der Waals surface area contributed by atoms with Crippen molar-refractivity contribution in [1.82, 2.24) is 30.0 Å². The van der Waals surface area contributed by atoms with Crippen molar-refractivity contribution in [2.24, 2.45) is 0 Å². The van der Waals surface area contributed by atoms with Gasteiger partial charge in [-0.15, -0.1) is 0 Å². The Hall–Kier alpha value is -3.26. The zero-order valence-corrected chi connectivity index (χ0v) is 17.1. The molecule has 3 aromatic heterocycles. The van der Waals surface area contributed by atoms with Crippen LogP contribution in [0, 0.1) is 0 Å². The van der Waals surface area contributed by atoms with Gasteiger partial charge in [0, 0.05) is 48.0 Å². The summed E-state index contributed by atoms with van der Waals surface area (Å²) in [5.74, 6) is 0.528. The van der Waals surface area contributed by atoms with Crippen molar-refractivity contribution in [3.8, 4) is 5.75 Å². The second-order valence-electron chi connectivity index (χ2n) is 7.32. The summed E-state index contributed by atoms with van der Waals surface area (Å²) < 4.78 is 5.60. The van der Waals surface area contributed by atoms with Crippen molar-refractivity contribution in [2.45, 2.75) is 18.8 Å². The quantitative estimate of drug-likeness (QED) is 0.542. The lowest BCUT2D eigenvalue weighted by atomic mass is 9.93. The molecule has 1 atom stereocenters. The second kappa shape index (κ2) is 7.53. The molecule has 152 valence electrons. The number of piperidine rings is 1. The SMILES string of the molecule is COc1c(C(=O)N2CCC[C@H](c3[nH]nc4nccnc34)C2)cnc2cc(Cl)ccc12. The Morgan fingerprint density at radius 1 is 1.27 bits per heavy atom. The number of nitrogens with one attached hydrogen (secondary N) is 1. The van der Waals surface area contributed by atoms with Crippen LogP contribution < -0.4 is 4.74 Å². The van der Waals surface area contributed by atoms with Gasteiger partial charge in [-0.05, 0) is 31.0 Å². The number of ether oxygens (including phenoxy) is 1. The highest BCUT2D eigenvalue weighted by atomic mass is 35.5. The van der Waals surface area contributed by atoms with Crippen molar-refractivity contribution in [3.63, 3.8) is 0 Å². The van der Waals surface area contributed by atoms with Gasteiger partial charge in [0.1, 0.15) is 16.8 Å². The number of amides is 1. The minimum Gasteiger partial charge on any atom is -0.495 e. The number of carbonyl (C=O) groups is 1. The maximum atomic E-state index is 13.4. The van der Waals surface area contributed by atoms with Gasteiger partial charge in [-0.25, -0.2) is 9.97 Å². The van der Waals surface area contributed by atoms with Crippen molar-refractivity contribution >= 4 is 39.6 Å². The molecule has 0 radical (unpaired) electrons. The number of nitrogens with zero attached hydrogens (tertiary/aromatic N) is 5. The number of rotatable bonds is 3. The predicted molar refractivity (Wildman–Crippen MR) is 113 cm³/mol. The normalized spacial score (nSPS) is 16.9. The third-order valence-corrected chi connectivity index (χ3v) is 5.78. The molecule has 4 heterocycles. The van der Waals surface area contributed by atoms with Crippen LogP contribution >= 0.6 is 11.6 Å². The number of fused-ring (bicyclic) bond motifs is 2. The maximum Gasteiger partial charge on any atom is 0.259 e. The number of likely N-dealkylation sites (tertiary alicyclic amines) is 1. The van der Waals surface area contributed by atoms with E-state index in [2.05, 4.69) is 25.1 Å². The molecule has 1 amide bonds. The monoisotopic (exact) mass is 422 g/mol. The van der Waals surface area contributed by atoms with E-state index in [1.807, 2.05) is 11.0 Å². The summed E-state index contributed by atoms with van der Waals surface area (Å²) in [6.45, 7) is 1.24. The molecule has 0 bridgehead atoms. The first-order valence-corrected chi connectivity index (χ1v) is 10.1. The third-order valence-electron chi connectivity index (χ3n) is 5.55. The molecular weight excluding hydrogens is 404 g/mol. The fraction of sp³-hybridized carbons (Fsp3) is 0.286. The summed E-state index contributed by atoms with van der Waals surface area (Å²) in [5.41, 5.74) is 3.42. The number of aromatic amines is 1. The smallest absolute Gasteiger partial charge is 0.259 e. The van der Waals surface area contributed by atoms with Gasteiger partial charge >= 0.3 is 0 Å². The van der Waals surface area contributed by atoms with E-state index in [1.54, 1.807) is 37.8 Å². The van der Waals surface area contributed by atoms with Crippen LogP contribution in [0.5, 0.6) is 5.75 Å². The van der Waals surface area contributed by atoms with E-state index in [1.165, 1.54) is 0 Å². The zero-order valence-electron chi connectivity index (χ0n) is 16.3. The summed E-state index contributed by atoms with van der Waals surface area (Å²) in [4.78, 5) is 28.3. The predicted octanol–water partition coefficient (Wildman–Crippen LogP) is 3.58. The molecule has 0 spiro atoms. The molecule has 1 N–H and O–H groups in total. The lowest BCUT2D eigenvalue weighted by Gasteiger charge is -2.32. The van der Waals surface area contributed by atoms with E-state index in [0.29, 0.717) is 40.6 Å². The molecule has 0 aliphatic carbocycles. The highest BCUT2D eigenvalue weighted by Crippen LogP contribution is 2.33. The number of carbonyl (C=O) groups excluding carboxylic acids is 1. The molecule has 0 saturated carbocycles. The second-order valence-corrected chi connectivity index (χ2v) is 7.76. The van der Waals surface area contributed by atoms with Gasteiger partial charge in [0.2, 0.25) is 0 Å². The van der Waals surface area contributed by atoms with Crippen LogP contribution in [0.4, 0.5) is 0 Å². The van der Waals surface area contributed by atoms with Gasteiger partial charge in [-0.2, -0.15) is 5.10 Å². The number of methoxy groups -OCH3 is 1. The molecule has 0 unspecified atom stereocenters. The molecule has 1 aromatic carbocycles. The summed E-state index contributed by atoms with van der Waals surface area (Å²) in [6.07, 6.45) is 6.68. The van der Waals surface area contributed by atoms with Crippen LogP contribution in [0.1, 0.15) is 34.8 Å². The standard InChI is InChI=1S/C21H19ClN6O2/c1-30-19-14-5-4-13(22)9-16(14)25-10-15(19)21(29)28-8-2-3-12(11-28)17-18-20(27-26-17)24-7-6-23-18/h4-7,9-10,12H,2-3,8,11H2,1H3,(H,24,26,27)/t12-/m0/s1. The number of H-pyrrole nitrogens is 1. The van der Waals surface area contributed by atoms with Gasteiger partial charge in [0.15, 0.2) is 5.65 Å². The molecule has 8 nitrogen and oxygen atoms in total. The minimum atomic E-state index is -0.101. The van der Waals surface area contributed by atoms with Gasteiger partial charge in [0.25, 0.3) is 5.91 Å². The summed E-state index contributed by atoms with van der Waals surface area (Å²) in [7, 11) is 1.56. The van der Waals surface area contributed by atoms with E-state index >= 15 is 0 Å². The average Bonchev–Trinajstić information content (AvgIpc) is 3.22. The Labute approximate surface area is 177 Å². The highest BCUT2D eigenvalue weighted by molar-refractivity contribution is 6.31. The summed E-state index contributed by atoms with van der Waals surface area (Å²) in [5, 5.41) is 8.67. The van der Waals surface area contributed by atoms with Crippen LogP contribution in [-0.2, 0) is 0 Å². The van der Waals surface area contributed by atoms with Gasteiger partial charge < -0.3 is 9.64 Å². The number of hydrogen-bond donors (Lipinski definition) is 1. The van der Waals surface area contributed by atoms with Crippen LogP contribution in [0.2, 0.25) is 5.02 Å². The molecule has 9 heteroatoms. The van der Waals surface area contributed by atoms with Crippen LogP contribution in [0.25, 0.3) is 22.1 Å². The number of pyridine rings is 1. The van der Waals surface area contributed by atoms with Crippen molar-refractivity contribution in [1.29, 1.82) is 0 Å². The topological polar surface area (TPSA) is 96.9 Å². The first kappa shape index (κ1) is 18.7. The third kappa shape index (κ3) is 3.13. The van der Waals surface area contributed by atoms with Crippen LogP contribution in [0.3, 0.4) is 0 Å². The van der Waals surface area contributed by atoms with E-state index in [-0.39, 0.29) is 11.8 Å². The zero-order chi connectivity index (χ0) is 20.7. The Bertz CT molecular complexity index is 1260. The van der Waals surface area contributed by atoms with Crippen LogP contribution in [0.15, 0.2) is 36.8 Å². The van der Waals surface area contributed by atoms with E-state index in [0.717, 1.165) is 29.4 Å². The maximum absolute atomic E-state index is 13.4. The molecule has 1 aliphatic heterocycles. The van der Waals surface area contributed by atoms with Crippen molar-refractivity contribution in [3.05, 3.63) is 53.1 Å².